The number of hydrogen-bond acceptors (Lipinski definition) is 3. The average Bonchev–Trinajstić information content (AvgIpc) is 3.18. The van der Waals surface area contributed by atoms with Crippen LogP contribution in [0.5, 0.6) is 0 Å². The zero-order chi connectivity index (χ0) is 31.9. The molecule has 0 spiro atoms. The van der Waals surface area contributed by atoms with Gasteiger partial charge in [-0.1, -0.05) is 109 Å². The Kier molecular flexibility index (Phi) is 6.80. The van der Waals surface area contributed by atoms with Crippen LogP contribution in [0.4, 0.5) is 0 Å². The molecule has 9 aromatic rings. The van der Waals surface area contributed by atoms with E-state index in [9.17, 15) is 0 Å². The molecule has 0 saturated heterocycles. The molecule has 3 heteroatoms. The van der Waals surface area contributed by atoms with Crippen LogP contribution in [0.1, 0.15) is 0 Å². The number of nitrogens with zero attached hydrogens (tertiary/aromatic N) is 3. The van der Waals surface area contributed by atoms with Crippen molar-refractivity contribution in [3.8, 4) is 55.8 Å². The van der Waals surface area contributed by atoms with Crippen LogP contribution < -0.4 is 0 Å². The van der Waals surface area contributed by atoms with Crippen LogP contribution >= 0.6 is 0 Å². The first kappa shape index (κ1) is 27.8. The Morgan fingerprint density at radius 2 is 0.917 bits per heavy atom. The fraction of sp³-hybridized carbons (Fsp3) is 0. The molecule has 0 unspecified atom stereocenters. The lowest BCUT2D eigenvalue weighted by atomic mass is 9.91. The van der Waals surface area contributed by atoms with Crippen LogP contribution in [0, 0.1) is 0 Å². The molecular formula is C45H29N3. The second kappa shape index (κ2) is 11.7. The van der Waals surface area contributed by atoms with Crippen molar-refractivity contribution in [2.24, 2.45) is 0 Å². The van der Waals surface area contributed by atoms with E-state index < -0.39 is 0 Å². The summed E-state index contributed by atoms with van der Waals surface area (Å²) in [5.41, 5.74) is 12.0. The number of pyridine rings is 3. The predicted molar refractivity (Wildman–Crippen MR) is 200 cm³/mol. The van der Waals surface area contributed by atoms with Gasteiger partial charge in [-0.25, -0.2) is 4.98 Å². The molecule has 0 atom stereocenters. The summed E-state index contributed by atoms with van der Waals surface area (Å²) in [4.78, 5) is 14.2. The van der Waals surface area contributed by atoms with Crippen LogP contribution in [-0.4, -0.2) is 15.0 Å². The first-order chi connectivity index (χ1) is 23.8. The van der Waals surface area contributed by atoms with Gasteiger partial charge in [0.15, 0.2) is 0 Å². The zero-order valence-electron chi connectivity index (χ0n) is 26.1. The average molecular weight is 612 g/mol. The monoisotopic (exact) mass is 611 g/mol. The molecule has 224 valence electrons. The molecule has 0 N–H and O–H groups in total. The number of aromatic nitrogens is 3. The highest BCUT2D eigenvalue weighted by Crippen LogP contribution is 2.40. The van der Waals surface area contributed by atoms with Gasteiger partial charge in [-0.05, 0) is 86.6 Å². The van der Waals surface area contributed by atoms with Crippen molar-refractivity contribution >= 4 is 32.4 Å². The molecule has 0 amide bonds. The molecule has 48 heavy (non-hydrogen) atoms. The Labute approximate surface area is 278 Å². The molecule has 0 saturated carbocycles. The van der Waals surface area contributed by atoms with E-state index in [4.69, 9.17) is 4.98 Å². The van der Waals surface area contributed by atoms with E-state index in [0.29, 0.717) is 0 Å². The Bertz CT molecular complexity index is 2540. The molecule has 0 radical (unpaired) electrons. The van der Waals surface area contributed by atoms with Crippen molar-refractivity contribution in [3.63, 3.8) is 0 Å². The molecule has 0 aliphatic heterocycles. The molecule has 3 heterocycles. The summed E-state index contributed by atoms with van der Waals surface area (Å²) in [6, 6.07) is 54.0. The van der Waals surface area contributed by atoms with Crippen LogP contribution in [0.2, 0.25) is 0 Å². The standard InChI is InChI=1S/C45H29N3/c1-2-9-30(10-3-1)33-18-19-41-43(27-33)48-45(42-20-17-31-11-4-5-16-40(31)44(41)42)34-13-6-12-32(23-34)37-24-38(35-14-7-21-46-28-35)26-39(25-37)36-15-8-22-47-29-36/h1-29H. The van der Waals surface area contributed by atoms with E-state index in [-0.39, 0.29) is 0 Å². The molecule has 0 aliphatic carbocycles. The van der Waals surface area contributed by atoms with E-state index in [0.717, 1.165) is 66.5 Å². The zero-order valence-corrected chi connectivity index (χ0v) is 26.1. The number of fused-ring (bicyclic) bond motifs is 5. The van der Waals surface area contributed by atoms with Crippen molar-refractivity contribution < 1.29 is 0 Å². The minimum Gasteiger partial charge on any atom is -0.264 e. The van der Waals surface area contributed by atoms with Gasteiger partial charge >= 0.3 is 0 Å². The maximum Gasteiger partial charge on any atom is 0.0788 e. The Morgan fingerprint density at radius 3 is 1.65 bits per heavy atom. The van der Waals surface area contributed by atoms with Crippen LogP contribution in [0.3, 0.4) is 0 Å². The highest BCUT2D eigenvalue weighted by Gasteiger charge is 2.15. The number of benzene rings is 6. The third kappa shape index (κ3) is 4.99. The summed E-state index contributed by atoms with van der Waals surface area (Å²) in [6.45, 7) is 0. The highest BCUT2D eigenvalue weighted by molar-refractivity contribution is 6.22. The highest BCUT2D eigenvalue weighted by atomic mass is 14.7. The quantitative estimate of drug-likeness (QED) is 0.182. The van der Waals surface area contributed by atoms with Gasteiger partial charge in [-0.15, -0.1) is 0 Å². The van der Waals surface area contributed by atoms with Gasteiger partial charge in [0.25, 0.3) is 0 Å². The predicted octanol–water partition coefficient (Wildman–Crippen LogP) is 11.7. The summed E-state index contributed by atoms with van der Waals surface area (Å²) in [5, 5.41) is 5.99. The summed E-state index contributed by atoms with van der Waals surface area (Å²) in [7, 11) is 0. The molecule has 6 aromatic carbocycles. The molecule has 0 bridgehead atoms. The number of rotatable bonds is 5. The minimum absolute atomic E-state index is 0.978. The van der Waals surface area contributed by atoms with Crippen LogP contribution in [0.25, 0.3) is 88.2 Å². The fourth-order valence-corrected chi connectivity index (χ4v) is 6.85. The van der Waals surface area contributed by atoms with Gasteiger partial charge in [0.2, 0.25) is 0 Å². The van der Waals surface area contributed by atoms with Crippen LogP contribution in [0.15, 0.2) is 176 Å². The van der Waals surface area contributed by atoms with Crippen molar-refractivity contribution in [1.29, 1.82) is 0 Å². The molecule has 0 aliphatic rings. The van der Waals surface area contributed by atoms with Crippen molar-refractivity contribution in [3.05, 3.63) is 176 Å². The van der Waals surface area contributed by atoms with Gasteiger partial charge in [0, 0.05) is 57.6 Å². The third-order valence-electron chi connectivity index (χ3n) is 9.18. The normalized spacial score (nSPS) is 11.3. The van der Waals surface area contributed by atoms with Gasteiger partial charge < -0.3 is 0 Å². The molecular weight excluding hydrogens is 583 g/mol. The summed E-state index contributed by atoms with van der Waals surface area (Å²) >= 11 is 0. The number of hydrogen-bond donors (Lipinski definition) is 0. The largest absolute Gasteiger partial charge is 0.264 e. The van der Waals surface area contributed by atoms with E-state index >= 15 is 0 Å². The smallest absolute Gasteiger partial charge is 0.0788 e. The van der Waals surface area contributed by atoms with E-state index in [1.807, 2.05) is 36.9 Å². The fourth-order valence-electron chi connectivity index (χ4n) is 6.85. The molecule has 0 fully saturated rings. The SMILES string of the molecule is c1ccc(-c2ccc3c(c2)nc(-c2cccc(-c4cc(-c5cccnc5)cc(-c5cccnc5)c4)c2)c2ccc4ccccc4c23)cc1. The van der Waals surface area contributed by atoms with E-state index in [1.54, 1.807) is 0 Å². The molecule has 3 aromatic heterocycles. The van der Waals surface area contributed by atoms with Crippen molar-refractivity contribution in [2.45, 2.75) is 0 Å². The van der Waals surface area contributed by atoms with E-state index in [2.05, 4.69) is 149 Å². The lowest BCUT2D eigenvalue weighted by molar-refractivity contribution is 1.32. The Balaban J connectivity index is 1.27. The molecule has 3 nitrogen and oxygen atoms in total. The summed E-state index contributed by atoms with van der Waals surface area (Å²) in [6.07, 6.45) is 7.46. The Hall–Kier alpha value is -6.45. The lowest BCUT2D eigenvalue weighted by Gasteiger charge is -2.15. The third-order valence-corrected chi connectivity index (χ3v) is 9.18. The summed E-state index contributed by atoms with van der Waals surface area (Å²) < 4.78 is 0. The van der Waals surface area contributed by atoms with Gasteiger partial charge in [0.05, 0.1) is 11.2 Å². The minimum atomic E-state index is 0.978. The van der Waals surface area contributed by atoms with Crippen molar-refractivity contribution in [1.82, 2.24) is 15.0 Å². The van der Waals surface area contributed by atoms with Gasteiger partial charge in [-0.3, -0.25) is 9.97 Å². The first-order valence-corrected chi connectivity index (χ1v) is 16.2. The Morgan fingerprint density at radius 1 is 0.333 bits per heavy atom. The topological polar surface area (TPSA) is 38.7 Å². The second-order valence-corrected chi connectivity index (χ2v) is 12.1. The lowest BCUT2D eigenvalue weighted by Crippen LogP contribution is -1.92. The van der Waals surface area contributed by atoms with Crippen molar-refractivity contribution in [2.75, 3.05) is 0 Å². The first-order valence-electron chi connectivity index (χ1n) is 16.2. The maximum atomic E-state index is 5.42. The van der Waals surface area contributed by atoms with Crippen LogP contribution in [-0.2, 0) is 0 Å². The van der Waals surface area contributed by atoms with E-state index in [1.165, 1.54) is 21.7 Å². The summed E-state index contributed by atoms with van der Waals surface area (Å²) in [5.74, 6) is 0. The molecule has 9 rings (SSSR count). The maximum absolute atomic E-state index is 5.42. The second-order valence-electron chi connectivity index (χ2n) is 12.1. The van der Waals surface area contributed by atoms with Gasteiger partial charge in [-0.2, -0.15) is 0 Å². The van der Waals surface area contributed by atoms with Gasteiger partial charge in [0.1, 0.15) is 0 Å².